The first-order valence-electron chi connectivity index (χ1n) is 4.65. The predicted molar refractivity (Wildman–Crippen MR) is 59.5 cm³/mol. The minimum Gasteiger partial charge on any atom is -0.444 e. The SMILES string of the molecule is CC(/C=C/S(=O)(=O)O)NC(=O)OC(C)(C)C. The molecule has 16 heavy (non-hydrogen) atoms. The minimum absolute atomic E-state index is 0.559. The first kappa shape index (κ1) is 14.9. The zero-order valence-corrected chi connectivity index (χ0v) is 10.5. The Morgan fingerprint density at radius 1 is 1.44 bits per heavy atom. The lowest BCUT2D eigenvalue weighted by atomic mass is 10.2. The summed E-state index contributed by atoms with van der Waals surface area (Å²) in [5.41, 5.74) is -0.615. The lowest BCUT2D eigenvalue weighted by molar-refractivity contribution is 0.0518. The topological polar surface area (TPSA) is 92.7 Å². The van der Waals surface area contributed by atoms with Crippen LogP contribution in [-0.4, -0.2) is 30.7 Å². The van der Waals surface area contributed by atoms with Crippen molar-refractivity contribution in [2.24, 2.45) is 0 Å². The number of nitrogens with one attached hydrogen (secondary N) is 1. The van der Waals surface area contributed by atoms with Gasteiger partial charge in [0.1, 0.15) is 5.60 Å². The molecule has 0 aromatic carbocycles. The first-order valence-corrected chi connectivity index (χ1v) is 6.15. The molecule has 0 spiro atoms. The Balaban J connectivity index is 4.22. The fourth-order valence-corrected chi connectivity index (χ4v) is 1.19. The zero-order valence-electron chi connectivity index (χ0n) is 9.72. The van der Waals surface area contributed by atoms with Crippen LogP contribution >= 0.6 is 0 Å². The van der Waals surface area contributed by atoms with Crippen molar-refractivity contribution in [1.29, 1.82) is 0 Å². The average molecular weight is 251 g/mol. The Hall–Kier alpha value is -1.08. The molecular weight excluding hydrogens is 234 g/mol. The molecule has 94 valence electrons. The van der Waals surface area contributed by atoms with Crippen LogP contribution < -0.4 is 5.32 Å². The van der Waals surface area contributed by atoms with E-state index in [1.807, 2.05) is 0 Å². The number of rotatable bonds is 3. The van der Waals surface area contributed by atoms with E-state index >= 15 is 0 Å². The van der Waals surface area contributed by atoms with E-state index in [0.717, 1.165) is 6.08 Å². The highest BCUT2D eigenvalue weighted by Crippen LogP contribution is 2.06. The van der Waals surface area contributed by atoms with Gasteiger partial charge in [0.2, 0.25) is 0 Å². The van der Waals surface area contributed by atoms with Crippen molar-refractivity contribution in [3.05, 3.63) is 11.5 Å². The molecule has 0 saturated carbocycles. The van der Waals surface area contributed by atoms with Crippen molar-refractivity contribution < 1.29 is 22.5 Å². The molecule has 0 fully saturated rings. The molecule has 0 bridgehead atoms. The second-order valence-corrected chi connectivity index (χ2v) is 5.58. The molecule has 0 heterocycles. The summed E-state index contributed by atoms with van der Waals surface area (Å²) in [4.78, 5) is 11.2. The van der Waals surface area contributed by atoms with Crippen LogP contribution in [0.5, 0.6) is 0 Å². The van der Waals surface area contributed by atoms with E-state index in [9.17, 15) is 13.2 Å². The van der Waals surface area contributed by atoms with Gasteiger partial charge < -0.3 is 10.1 Å². The van der Waals surface area contributed by atoms with Crippen molar-refractivity contribution in [2.75, 3.05) is 0 Å². The summed E-state index contributed by atoms with van der Waals surface area (Å²) in [7, 11) is -4.16. The summed E-state index contributed by atoms with van der Waals surface area (Å²) in [6.07, 6.45) is 0.485. The summed E-state index contributed by atoms with van der Waals surface area (Å²) in [5.74, 6) is 0. The number of carbonyl (C=O) groups is 1. The third-order valence-electron chi connectivity index (χ3n) is 1.28. The van der Waals surface area contributed by atoms with E-state index in [1.165, 1.54) is 0 Å². The lowest BCUT2D eigenvalue weighted by Gasteiger charge is -2.20. The standard InChI is InChI=1S/C9H17NO5S/c1-7(5-6-16(12,13)14)10-8(11)15-9(2,3)4/h5-7H,1-4H3,(H,10,11)(H,12,13,14)/b6-5+. The van der Waals surface area contributed by atoms with E-state index in [4.69, 9.17) is 9.29 Å². The number of hydrogen-bond donors (Lipinski definition) is 2. The summed E-state index contributed by atoms with van der Waals surface area (Å²) < 4.78 is 34.1. The molecule has 0 saturated heterocycles. The van der Waals surface area contributed by atoms with Gasteiger partial charge in [-0.3, -0.25) is 4.55 Å². The van der Waals surface area contributed by atoms with Crippen LogP contribution in [0.25, 0.3) is 0 Å². The van der Waals surface area contributed by atoms with Crippen LogP contribution in [0.2, 0.25) is 0 Å². The second-order valence-electron chi connectivity index (χ2n) is 4.28. The van der Waals surface area contributed by atoms with Crippen molar-refractivity contribution >= 4 is 16.2 Å². The van der Waals surface area contributed by atoms with Crippen molar-refractivity contribution in [2.45, 2.75) is 39.3 Å². The molecule has 7 heteroatoms. The second kappa shape index (κ2) is 5.31. The highest BCUT2D eigenvalue weighted by molar-refractivity contribution is 7.88. The smallest absolute Gasteiger partial charge is 0.408 e. The normalized spacial score (nSPS) is 14.8. The van der Waals surface area contributed by atoms with Gasteiger partial charge in [-0.1, -0.05) is 0 Å². The molecule has 0 aliphatic carbocycles. The molecule has 0 aromatic heterocycles. The van der Waals surface area contributed by atoms with Gasteiger partial charge >= 0.3 is 6.09 Å². The van der Waals surface area contributed by atoms with Crippen molar-refractivity contribution in [1.82, 2.24) is 5.32 Å². The largest absolute Gasteiger partial charge is 0.444 e. The number of alkyl carbamates (subject to hydrolysis) is 1. The van der Waals surface area contributed by atoms with Gasteiger partial charge in [0.05, 0.1) is 5.41 Å². The highest BCUT2D eigenvalue weighted by atomic mass is 32.2. The molecule has 0 rings (SSSR count). The van der Waals surface area contributed by atoms with Crippen LogP contribution in [0.1, 0.15) is 27.7 Å². The Bertz CT molecular complexity index is 366. The zero-order chi connectivity index (χ0) is 13.0. The summed E-state index contributed by atoms with van der Waals surface area (Å²) in [6.45, 7) is 6.69. The monoisotopic (exact) mass is 251 g/mol. The molecule has 1 unspecified atom stereocenters. The van der Waals surface area contributed by atoms with E-state index in [2.05, 4.69) is 5.32 Å². The first-order chi connectivity index (χ1) is 6.99. The van der Waals surface area contributed by atoms with Gasteiger partial charge in [-0.15, -0.1) is 0 Å². The van der Waals surface area contributed by atoms with E-state index in [0.29, 0.717) is 5.41 Å². The van der Waals surface area contributed by atoms with Crippen LogP contribution in [0.4, 0.5) is 4.79 Å². The quantitative estimate of drug-likeness (QED) is 0.737. The maximum Gasteiger partial charge on any atom is 0.408 e. The Labute approximate surface area is 95.4 Å². The summed E-state index contributed by atoms with van der Waals surface area (Å²) >= 11 is 0. The molecular formula is C9H17NO5S. The van der Waals surface area contributed by atoms with Gasteiger partial charge in [0, 0.05) is 6.04 Å². The molecule has 0 aromatic rings. The van der Waals surface area contributed by atoms with Crippen molar-refractivity contribution in [3.8, 4) is 0 Å². The van der Waals surface area contributed by atoms with Gasteiger partial charge in [-0.2, -0.15) is 8.42 Å². The lowest BCUT2D eigenvalue weighted by Crippen LogP contribution is -2.36. The van der Waals surface area contributed by atoms with Crippen LogP contribution in [0.15, 0.2) is 11.5 Å². The van der Waals surface area contributed by atoms with Gasteiger partial charge in [0.15, 0.2) is 0 Å². The third kappa shape index (κ3) is 9.47. The number of amides is 1. The van der Waals surface area contributed by atoms with Crippen LogP contribution in [0.3, 0.4) is 0 Å². The Kier molecular flexibility index (Phi) is 4.95. The Morgan fingerprint density at radius 3 is 2.31 bits per heavy atom. The van der Waals surface area contributed by atoms with E-state index < -0.39 is 27.9 Å². The molecule has 0 aliphatic heterocycles. The predicted octanol–water partition coefficient (Wildman–Crippen LogP) is 1.30. The fraction of sp³-hybridized carbons (Fsp3) is 0.667. The highest BCUT2D eigenvalue weighted by Gasteiger charge is 2.16. The van der Waals surface area contributed by atoms with E-state index in [1.54, 1.807) is 27.7 Å². The Morgan fingerprint density at radius 2 is 1.94 bits per heavy atom. The molecule has 1 amide bonds. The number of ether oxygens (including phenoxy) is 1. The minimum atomic E-state index is -4.16. The van der Waals surface area contributed by atoms with Crippen molar-refractivity contribution in [3.63, 3.8) is 0 Å². The summed E-state index contributed by atoms with van der Waals surface area (Å²) in [5, 5.41) is 2.99. The third-order valence-corrected chi connectivity index (χ3v) is 1.78. The number of hydrogen-bond acceptors (Lipinski definition) is 4. The van der Waals surface area contributed by atoms with Crippen LogP contribution in [0, 0.1) is 0 Å². The molecule has 2 N–H and O–H groups in total. The van der Waals surface area contributed by atoms with Gasteiger partial charge in [-0.05, 0) is 33.8 Å². The summed E-state index contributed by atoms with van der Waals surface area (Å²) in [6, 6.07) is -0.559. The maximum atomic E-state index is 11.2. The molecule has 1 atom stereocenters. The molecule has 0 radical (unpaired) electrons. The van der Waals surface area contributed by atoms with Crippen LogP contribution in [-0.2, 0) is 14.9 Å². The number of carbonyl (C=O) groups excluding carboxylic acids is 1. The average Bonchev–Trinajstić information content (AvgIpc) is 1.95. The van der Waals surface area contributed by atoms with E-state index in [-0.39, 0.29) is 0 Å². The maximum absolute atomic E-state index is 11.2. The molecule has 0 aliphatic rings. The molecule has 6 nitrogen and oxygen atoms in total. The van der Waals surface area contributed by atoms with Gasteiger partial charge in [-0.25, -0.2) is 4.79 Å². The fourth-order valence-electron chi connectivity index (χ4n) is 0.759. The van der Waals surface area contributed by atoms with Gasteiger partial charge in [0.25, 0.3) is 10.1 Å².